The number of ether oxygens (including phenoxy) is 1. The van der Waals surface area contributed by atoms with Crippen LogP contribution in [-0.2, 0) is 5.41 Å². The number of hydrogen-bond donors (Lipinski definition) is 2. The van der Waals surface area contributed by atoms with Gasteiger partial charge in [0.2, 0.25) is 0 Å². The van der Waals surface area contributed by atoms with Crippen molar-refractivity contribution >= 4 is 0 Å². The van der Waals surface area contributed by atoms with Crippen molar-refractivity contribution < 1.29 is 28.1 Å². The third-order valence-electron chi connectivity index (χ3n) is 4.55. The van der Waals surface area contributed by atoms with Crippen LogP contribution in [0.4, 0.5) is 13.2 Å². The number of hydrogen-bond acceptors (Lipinski definition) is 4. The summed E-state index contributed by atoms with van der Waals surface area (Å²) in [7, 11) is 0. The molecule has 0 saturated heterocycles. The average molecular weight is 353 g/mol. The lowest BCUT2D eigenvalue weighted by Gasteiger charge is -2.54. The number of pyridine rings is 1. The van der Waals surface area contributed by atoms with E-state index >= 15 is 0 Å². The quantitative estimate of drug-likeness (QED) is 0.883. The van der Waals surface area contributed by atoms with E-state index in [9.17, 15) is 23.4 Å². The Balaban J connectivity index is 1.92. The Morgan fingerprint density at radius 2 is 1.76 bits per heavy atom. The van der Waals surface area contributed by atoms with E-state index in [4.69, 9.17) is 0 Å². The molecular weight excluding hydrogens is 335 g/mol. The highest BCUT2D eigenvalue weighted by atomic mass is 19.4. The normalized spacial score (nSPS) is 27.4. The number of aliphatic hydroxyl groups excluding tert-OH is 1. The molecule has 1 aromatic heterocycles. The Bertz CT molecular complexity index is 721. The molecule has 2 N–H and O–H groups in total. The molecular formula is C18H18F3NO3. The Hall–Kier alpha value is -2.12. The largest absolute Gasteiger partial charge is 0.573 e. The molecule has 0 bridgehead atoms. The van der Waals surface area contributed by atoms with Crippen LogP contribution >= 0.6 is 0 Å². The van der Waals surface area contributed by atoms with Gasteiger partial charge in [-0.2, -0.15) is 0 Å². The number of aromatic nitrogens is 1. The summed E-state index contributed by atoms with van der Waals surface area (Å²) in [6.45, 7) is 1.66. The van der Waals surface area contributed by atoms with Gasteiger partial charge >= 0.3 is 6.36 Å². The molecule has 0 amide bonds. The van der Waals surface area contributed by atoms with Crippen LogP contribution in [0.1, 0.15) is 37.1 Å². The molecule has 25 heavy (non-hydrogen) atoms. The minimum absolute atomic E-state index is 0.275. The van der Waals surface area contributed by atoms with Gasteiger partial charge < -0.3 is 14.9 Å². The Labute approximate surface area is 142 Å². The van der Waals surface area contributed by atoms with E-state index in [0.29, 0.717) is 11.3 Å². The summed E-state index contributed by atoms with van der Waals surface area (Å²) in [4.78, 5) is 4.16. The van der Waals surface area contributed by atoms with Gasteiger partial charge in [0.1, 0.15) is 11.9 Å². The Kier molecular flexibility index (Phi) is 4.25. The van der Waals surface area contributed by atoms with Gasteiger partial charge in [0.05, 0.1) is 11.3 Å². The molecule has 1 unspecified atom stereocenters. The van der Waals surface area contributed by atoms with Crippen molar-refractivity contribution in [2.75, 3.05) is 0 Å². The van der Waals surface area contributed by atoms with Gasteiger partial charge in [-0.05, 0) is 49.6 Å². The molecule has 7 heteroatoms. The second-order valence-electron chi connectivity index (χ2n) is 6.74. The molecule has 3 rings (SSSR count). The Morgan fingerprint density at radius 3 is 2.24 bits per heavy atom. The van der Waals surface area contributed by atoms with Crippen LogP contribution in [0.3, 0.4) is 0 Å². The van der Waals surface area contributed by atoms with E-state index in [0.717, 1.165) is 0 Å². The molecule has 2 aromatic rings. The average Bonchev–Trinajstić information content (AvgIpc) is 2.51. The molecule has 1 atom stereocenters. The highest BCUT2D eigenvalue weighted by molar-refractivity contribution is 5.38. The smallest absolute Gasteiger partial charge is 0.406 e. The number of benzene rings is 1. The molecule has 0 spiro atoms. The number of rotatable bonds is 4. The molecule has 1 aromatic carbocycles. The van der Waals surface area contributed by atoms with Crippen molar-refractivity contribution in [2.45, 2.75) is 43.2 Å². The van der Waals surface area contributed by atoms with Gasteiger partial charge in [-0.15, -0.1) is 13.2 Å². The van der Waals surface area contributed by atoms with E-state index in [2.05, 4.69) is 9.72 Å². The first-order valence-corrected chi connectivity index (χ1v) is 7.79. The van der Waals surface area contributed by atoms with Crippen molar-refractivity contribution in [3.8, 4) is 5.75 Å². The van der Waals surface area contributed by atoms with Crippen LogP contribution in [-0.4, -0.2) is 27.2 Å². The predicted octanol–water partition coefficient (Wildman–Crippen LogP) is 3.50. The van der Waals surface area contributed by atoms with Crippen molar-refractivity contribution in [3.63, 3.8) is 0 Å². The topological polar surface area (TPSA) is 62.6 Å². The van der Waals surface area contributed by atoms with Crippen LogP contribution in [0, 0.1) is 0 Å². The summed E-state index contributed by atoms with van der Waals surface area (Å²) >= 11 is 0. The number of aliphatic hydroxyl groups is 2. The standard InChI is InChI=1S/C18H18F3NO3/c1-16(24)10-17(11-16,15(23)14-4-2-3-9-22-14)12-5-7-13(8-6-12)25-18(19,20)21/h2-9,15,23-24H,10-11H2,1H3. The highest BCUT2D eigenvalue weighted by Crippen LogP contribution is 2.56. The van der Waals surface area contributed by atoms with E-state index in [1.807, 2.05) is 0 Å². The number of nitrogens with zero attached hydrogens (tertiary/aromatic N) is 1. The van der Waals surface area contributed by atoms with Crippen molar-refractivity contribution in [1.29, 1.82) is 0 Å². The summed E-state index contributed by atoms with van der Waals surface area (Å²) in [5.41, 5.74) is -0.675. The zero-order chi connectivity index (χ0) is 18.3. The summed E-state index contributed by atoms with van der Waals surface area (Å²) in [5, 5.41) is 21.1. The van der Waals surface area contributed by atoms with Crippen molar-refractivity contribution in [2.24, 2.45) is 0 Å². The van der Waals surface area contributed by atoms with Crippen LogP contribution < -0.4 is 4.74 Å². The molecule has 1 aliphatic carbocycles. The van der Waals surface area contributed by atoms with Gasteiger partial charge in [-0.1, -0.05) is 18.2 Å². The second kappa shape index (κ2) is 6.00. The van der Waals surface area contributed by atoms with Gasteiger partial charge in [-0.25, -0.2) is 0 Å². The molecule has 134 valence electrons. The number of halogens is 3. The highest BCUT2D eigenvalue weighted by Gasteiger charge is 2.56. The van der Waals surface area contributed by atoms with Gasteiger partial charge in [-0.3, -0.25) is 4.98 Å². The van der Waals surface area contributed by atoms with Gasteiger partial charge in [0.25, 0.3) is 0 Å². The third kappa shape index (κ3) is 3.62. The molecule has 1 heterocycles. The third-order valence-corrected chi connectivity index (χ3v) is 4.55. The molecule has 0 radical (unpaired) electrons. The fourth-order valence-corrected chi connectivity index (χ4v) is 3.67. The number of alkyl halides is 3. The monoisotopic (exact) mass is 353 g/mol. The van der Waals surface area contributed by atoms with E-state index < -0.39 is 23.5 Å². The fraction of sp³-hybridized carbons (Fsp3) is 0.389. The van der Waals surface area contributed by atoms with E-state index in [-0.39, 0.29) is 18.6 Å². The molecule has 1 fully saturated rings. The van der Waals surface area contributed by atoms with Crippen LogP contribution in [0.15, 0.2) is 48.7 Å². The van der Waals surface area contributed by atoms with Crippen LogP contribution in [0.25, 0.3) is 0 Å². The summed E-state index contributed by atoms with van der Waals surface area (Å²) in [6, 6.07) is 10.6. The fourth-order valence-electron chi connectivity index (χ4n) is 3.67. The lowest BCUT2D eigenvalue weighted by Crippen LogP contribution is -2.56. The predicted molar refractivity (Wildman–Crippen MR) is 83.9 cm³/mol. The van der Waals surface area contributed by atoms with E-state index in [1.54, 1.807) is 31.3 Å². The lowest BCUT2D eigenvalue weighted by molar-refractivity contribution is -0.274. The van der Waals surface area contributed by atoms with E-state index in [1.165, 1.54) is 24.3 Å². The maximum Gasteiger partial charge on any atom is 0.573 e. The minimum atomic E-state index is -4.76. The van der Waals surface area contributed by atoms with Crippen molar-refractivity contribution in [3.05, 3.63) is 59.9 Å². The first-order valence-electron chi connectivity index (χ1n) is 7.79. The Morgan fingerprint density at radius 1 is 1.12 bits per heavy atom. The van der Waals surface area contributed by atoms with Crippen molar-refractivity contribution in [1.82, 2.24) is 4.98 Å². The molecule has 1 aliphatic rings. The maximum atomic E-state index is 12.3. The SMILES string of the molecule is CC1(O)CC(c2ccc(OC(F)(F)F)cc2)(C(O)c2ccccn2)C1. The van der Waals surface area contributed by atoms with Gasteiger partial charge in [0, 0.05) is 11.6 Å². The lowest BCUT2D eigenvalue weighted by atomic mass is 9.53. The summed E-state index contributed by atoms with van der Waals surface area (Å²) in [5.74, 6) is -0.329. The minimum Gasteiger partial charge on any atom is -0.406 e. The first kappa shape index (κ1) is 17.7. The van der Waals surface area contributed by atoms with Crippen LogP contribution in [0.2, 0.25) is 0 Å². The summed E-state index contributed by atoms with van der Waals surface area (Å²) in [6.07, 6.45) is -3.63. The van der Waals surface area contributed by atoms with Crippen LogP contribution in [0.5, 0.6) is 5.75 Å². The zero-order valence-electron chi connectivity index (χ0n) is 13.5. The maximum absolute atomic E-state index is 12.3. The molecule has 0 aliphatic heterocycles. The van der Waals surface area contributed by atoms with Gasteiger partial charge in [0.15, 0.2) is 0 Å². The summed E-state index contributed by atoms with van der Waals surface area (Å²) < 4.78 is 40.8. The molecule has 1 saturated carbocycles. The zero-order valence-corrected chi connectivity index (χ0v) is 13.5. The first-order chi connectivity index (χ1) is 11.6. The second-order valence-corrected chi connectivity index (χ2v) is 6.74. The molecule has 4 nitrogen and oxygen atoms in total.